The fourth-order valence-corrected chi connectivity index (χ4v) is 1.98. The Balaban J connectivity index is 0.00000144. The van der Waals surface area contributed by atoms with Crippen molar-refractivity contribution in [3.05, 3.63) is 29.6 Å². The number of rotatable bonds is 1. The van der Waals surface area contributed by atoms with Crippen LogP contribution in [0, 0.1) is 6.92 Å². The van der Waals surface area contributed by atoms with Gasteiger partial charge in [-0.25, -0.2) is 0 Å². The van der Waals surface area contributed by atoms with Crippen LogP contribution >= 0.6 is 24.8 Å². The van der Waals surface area contributed by atoms with Gasteiger partial charge in [0.15, 0.2) is 0 Å². The van der Waals surface area contributed by atoms with Crippen LogP contribution in [-0.4, -0.2) is 41.5 Å². The monoisotopic (exact) mass is 291 g/mol. The van der Waals surface area contributed by atoms with Gasteiger partial charge >= 0.3 is 0 Å². The molecule has 1 amide bonds. The fourth-order valence-electron chi connectivity index (χ4n) is 1.98. The molecular weight excluding hydrogens is 273 g/mol. The van der Waals surface area contributed by atoms with E-state index in [1.807, 2.05) is 17.9 Å². The summed E-state index contributed by atoms with van der Waals surface area (Å²) in [4.78, 5) is 18.2. The predicted molar refractivity (Wildman–Crippen MR) is 76.8 cm³/mol. The van der Waals surface area contributed by atoms with Crippen molar-refractivity contribution in [1.29, 1.82) is 0 Å². The van der Waals surface area contributed by atoms with Crippen LogP contribution in [0.15, 0.2) is 18.5 Å². The minimum absolute atomic E-state index is 0. The smallest absolute Gasteiger partial charge is 0.255 e. The van der Waals surface area contributed by atoms with Crippen molar-refractivity contribution < 1.29 is 4.79 Å². The number of piperazine rings is 1. The quantitative estimate of drug-likeness (QED) is 0.856. The van der Waals surface area contributed by atoms with Gasteiger partial charge in [-0.15, -0.1) is 24.8 Å². The van der Waals surface area contributed by atoms with E-state index in [4.69, 9.17) is 0 Å². The first-order valence-electron chi connectivity index (χ1n) is 5.62. The van der Waals surface area contributed by atoms with Crippen LogP contribution in [0.5, 0.6) is 0 Å². The second-order valence-electron chi connectivity index (χ2n) is 4.30. The molecule has 2 heterocycles. The highest BCUT2D eigenvalue weighted by Gasteiger charge is 2.23. The zero-order valence-electron chi connectivity index (χ0n) is 10.5. The second kappa shape index (κ2) is 7.56. The third-order valence-electron chi connectivity index (χ3n) is 2.88. The largest absolute Gasteiger partial charge is 0.333 e. The van der Waals surface area contributed by atoms with E-state index >= 15 is 0 Å². The molecule has 0 saturated carbocycles. The highest BCUT2D eigenvalue weighted by molar-refractivity contribution is 5.94. The summed E-state index contributed by atoms with van der Waals surface area (Å²) in [5, 5.41) is 3.27. The van der Waals surface area contributed by atoms with E-state index in [1.54, 1.807) is 12.4 Å². The number of aromatic nitrogens is 1. The minimum atomic E-state index is 0. The van der Waals surface area contributed by atoms with E-state index in [9.17, 15) is 4.79 Å². The zero-order chi connectivity index (χ0) is 11.5. The number of hydrogen-bond acceptors (Lipinski definition) is 3. The fraction of sp³-hybridized carbons (Fsp3) is 0.500. The van der Waals surface area contributed by atoms with Gasteiger partial charge in [0.25, 0.3) is 5.91 Å². The lowest BCUT2D eigenvalue weighted by Crippen LogP contribution is -2.52. The van der Waals surface area contributed by atoms with Crippen molar-refractivity contribution in [2.75, 3.05) is 19.6 Å². The molecule has 1 unspecified atom stereocenters. The topological polar surface area (TPSA) is 45.2 Å². The molecule has 2 rings (SSSR count). The molecule has 6 heteroatoms. The van der Waals surface area contributed by atoms with Gasteiger partial charge in [-0.05, 0) is 25.5 Å². The van der Waals surface area contributed by atoms with Gasteiger partial charge in [-0.3, -0.25) is 9.78 Å². The Bertz CT molecular complexity index is 401. The molecule has 1 atom stereocenters. The van der Waals surface area contributed by atoms with Crippen molar-refractivity contribution in [2.24, 2.45) is 0 Å². The van der Waals surface area contributed by atoms with Crippen molar-refractivity contribution >= 4 is 30.7 Å². The summed E-state index contributed by atoms with van der Waals surface area (Å²) in [6.45, 7) is 6.52. The highest BCUT2D eigenvalue weighted by atomic mass is 35.5. The summed E-state index contributed by atoms with van der Waals surface area (Å²) >= 11 is 0. The van der Waals surface area contributed by atoms with Crippen LogP contribution in [0.1, 0.15) is 22.8 Å². The SMILES string of the molecule is Cc1cncc(C(=O)N2CCNCC2C)c1.Cl.Cl. The number of nitrogens with zero attached hydrogens (tertiary/aromatic N) is 2. The predicted octanol–water partition coefficient (Wildman–Crippen LogP) is 1.67. The number of aryl methyl sites for hydroxylation is 1. The number of halogens is 2. The molecule has 18 heavy (non-hydrogen) atoms. The third-order valence-corrected chi connectivity index (χ3v) is 2.88. The molecule has 0 radical (unpaired) electrons. The van der Waals surface area contributed by atoms with Gasteiger partial charge < -0.3 is 10.2 Å². The van der Waals surface area contributed by atoms with Gasteiger partial charge in [0.2, 0.25) is 0 Å². The maximum absolute atomic E-state index is 12.2. The second-order valence-corrected chi connectivity index (χ2v) is 4.30. The van der Waals surface area contributed by atoms with Crippen LogP contribution in [0.3, 0.4) is 0 Å². The van der Waals surface area contributed by atoms with Crippen LogP contribution in [0.4, 0.5) is 0 Å². The van der Waals surface area contributed by atoms with E-state index in [1.165, 1.54) is 0 Å². The van der Waals surface area contributed by atoms with Gasteiger partial charge in [-0.1, -0.05) is 0 Å². The highest BCUT2D eigenvalue weighted by Crippen LogP contribution is 2.10. The molecule has 0 bridgehead atoms. The Morgan fingerprint density at radius 2 is 2.17 bits per heavy atom. The first-order chi connectivity index (χ1) is 7.68. The molecule has 102 valence electrons. The Kier molecular flexibility index (Phi) is 7.21. The van der Waals surface area contributed by atoms with E-state index < -0.39 is 0 Å². The zero-order valence-corrected chi connectivity index (χ0v) is 12.2. The molecule has 1 aliphatic heterocycles. The van der Waals surface area contributed by atoms with Crippen molar-refractivity contribution in [1.82, 2.24) is 15.2 Å². The first kappa shape index (κ1) is 17.2. The molecule has 1 saturated heterocycles. The first-order valence-corrected chi connectivity index (χ1v) is 5.62. The minimum Gasteiger partial charge on any atom is -0.333 e. The number of pyridine rings is 1. The van der Waals surface area contributed by atoms with Crippen LogP contribution in [0.2, 0.25) is 0 Å². The number of amides is 1. The van der Waals surface area contributed by atoms with Crippen LogP contribution in [0.25, 0.3) is 0 Å². The average molecular weight is 292 g/mol. The van der Waals surface area contributed by atoms with E-state index in [0.29, 0.717) is 5.56 Å². The number of hydrogen-bond donors (Lipinski definition) is 1. The lowest BCUT2D eigenvalue weighted by molar-refractivity contribution is 0.0655. The number of nitrogens with one attached hydrogen (secondary N) is 1. The molecule has 4 nitrogen and oxygen atoms in total. The Hall–Kier alpha value is -0.840. The van der Waals surface area contributed by atoms with E-state index in [-0.39, 0.29) is 36.8 Å². The molecule has 1 aromatic heterocycles. The molecule has 1 aliphatic rings. The molecule has 0 aliphatic carbocycles. The van der Waals surface area contributed by atoms with Crippen molar-refractivity contribution in [3.63, 3.8) is 0 Å². The lowest BCUT2D eigenvalue weighted by Gasteiger charge is -2.34. The summed E-state index contributed by atoms with van der Waals surface area (Å²) in [5.74, 6) is 0.0881. The molecule has 1 N–H and O–H groups in total. The molecule has 1 fully saturated rings. The number of carbonyl (C=O) groups excluding carboxylic acids is 1. The van der Waals surface area contributed by atoms with Crippen molar-refractivity contribution in [3.8, 4) is 0 Å². The molecule has 1 aromatic rings. The maximum atomic E-state index is 12.2. The standard InChI is InChI=1S/C12H17N3O.2ClH/c1-9-5-11(8-14-6-9)12(16)15-4-3-13-7-10(15)2;;/h5-6,8,10,13H,3-4,7H2,1-2H3;2*1H. The molecule has 0 aromatic carbocycles. The summed E-state index contributed by atoms with van der Waals surface area (Å²) in [6.07, 6.45) is 3.40. The van der Waals surface area contributed by atoms with Crippen molar-refractivity contribution in [2.45, 2.75) is 19.9 Å². The summed E-state index contributed by atoms with van der Waals surface area (Å²) in [6, 6.07) is 2.14. The number of carbonyl (C=O) groups is 1. The van der Waals surface area contributed by atoms with Gasteiger partial charge in [-0.2, -0.15) is 0 Å². The van der Waals surface area contributed by atoms with E-state index in [2.05, 4.69) is 17.2 Å². The summed E-state index contributed by atoms with van der Waals surface area (Å²) in [5.41, 5.74) is 1.71. The Labute approximate surface area is 120 Å². The molecule has 0 spiro atoms. The Morgan fingerprint density at radius 1 is 1.44 bits per heavy atom. The van der Waals surface area contributed by atoms with Crippen LogP contribution in [-0.2, 0) is 0 Å². The lowest BCUT2D eigenvalue weighted by atomic mass is 10.1. The average Bonchev–Trinajstić information content (AvgIpc) is 2.29. The Morgan fingerprint density at radius 3 is 2.78 bits per heavy atom. The van der Waals surface area contributed by atoms with E-state index in [0.717, 1.165) is 25.2 Å². The van der Waals surface area contributed by atoms with Gasteiger partial charge in [0, 0.05) is 38.1 Å². The van der Waals surface area contributed by atoms with Gasteiger partial charge in [0.1, 0.15) is 0 Å². The summed E-state index contributed by atoms with van der Waals surface area (Å²) < 4.78 is 0. The molecular formula is C12H19Cl2N3O. The third kappa shape index (κ3) is 3.83. The van der Waals surface area contributed by atoms with Crippen LogP contribution < -0.4 is 5.32 Å². The maximum Gasteiger partial charge on any atom is 0.255 e. The van der Waals surface area contributed by atoms with Gasteiger partial charge in [0.05, 0.1) is 5.56 Å². The summed E-state index contributed by atoms with van der Waals surface area (Å²) in [7, 11) is 0. The normalized spacial score (nSPS) is 18.6.